The van der Waals surface area contributed by atoms with E-state index in [4.69, 9.17) is 8.41 Å². The van der Waals surface area contributed by atoms with Crippen molar-refractivity contribution in [1.29, 1.82) is 0 Å². The summed E-state index contributed by atoms with van der Waals surface area (Å²) < 4.78 is 18.1. The van der Waals surface area contributed by atoms with Gasteiger partial charge in [-0.25, -0.2) is 0 Å². The molecule has 2 bridgehead atoms. The van der Waals surface area contributed by atoms with E-state index in [2.05, 4.69) is 13.8 Å². The van der Waals surface area contributed by atoms with Gasteiger partial charge < -0.3 is 0 Å². The van der Waals surface area contributed by atoms with Crippen LogP contribution in [-0.4, -0.2) is 33.8 Å². The van der Waals surface area contributed by atoms with Crippen molar-refractivity contribution in [2.45, 2.75) is 65.2 Å². The average Bonchev–Trinajstić information content (AvgIpc) is 2.23. The molecule has 0 radical (unpaired) electrons. The van der Waals surface area contributed by atoms with Crippen LogP contribution in [0.1, 0.15) is 65.2 Å². The summed E-state index contributed by atoms with van der Waals surface area (Å²) in [6.07, 6.45) is 12.5. The quantitative estimate of drug-likeness (QED) is 0.321. The Morgan fingerprint density at radius 3 is 1.47 bits per heavy atom. The zero-order chi connectivity index (χ0) is 12.2. The van der Waals surface area contributed by atoms with Gasteiger partial charge in [0.2, 0.25) is 0 Å². The number of hydrogen-bond donors (Lipinski definition) is 0. The van der Waals surface area contributed by atoms with Gasteiger partial charge in [0.25, 0.3) is 0 Å². The predicted molar refractivity (Wildman–Crippen MR) is 73.9 cm³/mol. The van der Waals surface area contributed by atoms with E-state index in [1.54, 1.807) is 0 Å². The van der Waals surface area contributed by atoms with Crippen molar-refractivity contribution in [2.24, 2.45) is 0 Å². The van der Waals surface area contributed by atoms with E-state index in [-0.39, 0.29) is 0 Å². The molecule has 17 heavy (non-hydrogen) atoms. The second-order valence-corrected chi connectivity index (χ2v) is 14.6. The summed E-state index contributed by atoms with van der Waals surface area (Å²) >= 11 is -1.91. The number of hydrogen-bond acceptors (Lipinski definition) is 3. The molecular weight excluding hydrogens is 345 g/mol. The Kier molecular flexibility index (Phi) is 5.18. The van der Waals surface area contributed by atoms with Gasteiger partial charge in [-0.2, -0.15) is 0 Å². The Bertz CT molecular complexity index is 226. The molecule has 0 N–H and O–H groups in total. The Labute approximate surface area is 114 Å². The third-order valence-corrected chi connectivity index (χ3v) is 20.3. The van der Waals surface area contributed by atoms with Crippen molar-refractivity contribution in [2.75, 3.05) is 12.3 Å². The van der Waals surface area contributed by atoms with Crippen molar-refractivity contribution in [1.82, 2.24) is 0 Å². The predicted octanol–water partition coefficient (Wildman–Crippen LogP) is 4.51. The fraction of sp³-hybridized carbons (Fsp3) is 1.00. The normalized spacial score (nSPS) is 26.6. The molecule has 0 saturated carbocycles. The van der Waals surface area contributed by atoms with Gasteiger partial charge in [0.1, 0.15) is 0 Å². The van der Waals surface area contributed by atoms with Crippen molar-refractivity contribution >= 4 is 28.8 Å². The average molecular weight is 371 g/mol. The van der Waals surface area contributed by atoms with E-state index in [1.165, 1.54) is 51.4 Å². The molecule has 0 unspecified atom stereocenters. The van der Waals surface area contributed by atoms with Crippen molar-refractivity contribution in [3.8, 4) is 0 Å². The fourth-order valence-corrected chi connectivity index (χ4v) is 18.0. The van der Waals surface area contributed by atoms with Gasteiger partial charge in [-0.05, 0) is 0 Å². The summed E-state index contributed by atoms with van der Waals surface area (Å²) in [4.78, 5) is 0. The van der Waals surface area contributed by atoms with Crippen molar-refractivity contribution < 1.29 is 8.41 Å². The molecule has 3 aliphatic heterocycles. The molecule has 0 atom stereocenters. The zero-order valence-corrected chi connectivity index (χ0v) is 14.6. The van der Waals surface area contributed by atoms with E-state index in [1.807, 2.05) is 0 Å². The van der Waals surface area contributed by atoms with E-state index in [0.717, 1.165) is 12.3 Å². The van der Waals surface area contributed by atoms with Gasteiger partial charge in [0.05, 0.1) is 0 Å². The third-order valence-electron chi connectivity index (χ3n) is 3.63. The summed E-state index contributed by atoms with van der Waals surface area (Å²) in [5.74, 6) is 0. The van der Waals surface area contributed by atoms with Crippen LogP contribution in [-0.2, 0) is 8.41 Å². The number of unbranched alkanes of at least 4 members (excludes halogenated alkanes) is 6. The first kappa shape index (κ1) is 14.5. The molecule has 5 heteroatoms. The summed E-state index contributed by atoms with van der Waals surface area (Å²) in [5.41, 5.74) is 0. The molecule has 0 spiro atoms. The van der Waals surface area contributed by atoms with Crippen LogP contribution in [0.3, 0.4) is 0 Å². The van der Waals surface area contributed by atoms with E-state index < -0.39 is 28.8 Å². The molecule has 3 fully saturated rings. The van der Waals surface area contributed by atoms with Crippen LogP contribution in [0.25, 0.3) is 0 Å². The van der Waals surface area contributed by atoms with E-state index >= 15 is 0 Å². The molecule has 0 aromatic carbocycles. The molecule has 0 aromatic rings. The van der Waals surface area contributed by atoms with Crippen LogP contribution in [0, 0.1) is 0 Å². The first-order valence-electron chi connectivity index (χ1n) is 7.14. The van der Waals surface area contributed by atoms with Gasteiger partial charge in [-0.15, -0.1) is 0 Å². The molecule has 0 aliphatic carbocycles. The molecule has 102 valence electrons. The first-order valence-corrected chi connectivity index (χ1v) is 12.6. The Morgan fingerprint density at radius 2 is 1.18 bits per heavy atom. The molecule has 3 heterocycles. The van der Waals surface area contributed by atoms with Crippen LogP contribution < -0.4 is 0 Å². The van der Waals surface area contributed by atoms with Crippen LogP contribution in [0.5, 0.6) is 0 Å². The Hall–Kier alpha value is 1.13. The Morgan fingerprint density at radius 1 is 0.706 bits per heavy atom. The maximum atomic E-state index is 6.03. The minimum atomic E-state index is -2.39. The topological polar surface area (TPSA) is 27.7 Å². The summed E-state index contributed by atoms with van der Waals surface area (Å²) in [7, 11) is -2.39. The van der Waals surface area contributed by atoms with Crippen LogP contribution in [0.15, 0.2) is 0 Å². The monoisotopic (exact) mass is 370 g/mol. The summed E-state index contributed by atoms with van der Waals surface area (Å²) in [6, 6.07) is 0. The summed E-state index contributed by atoms with van der Waals surface area (Å²) in [6.45, 7) is 4.49. The van der Waals surface area contributed by atoms with Gasteiger partial charge in [0, 0.05) is 0 Å². The third kappa shape index (κ3) is 3.18. The van der Waals surface area contributed by atoms with Gasteiger partial charge in [-0.1, -0.05) is 0 Å². The molecule has 3 aliphatic rings. The van der Waals surface area contributed by atoms with Gasteiger partial charge >= 0.3 is 115 Å². The first-order chi connectivity index (χ1) is 8.22. The molecule has 3 nitrogen and oxygen atoms in total. The molecule has 0 aromatic heterocycles. The maximum absolute atomic E-state index is 6.03. The van der Waals surface area contributed by atoms with Crippen LogP contribution >= 0.6 is 7.28 Å². The SMILES string of the molecule is CCCCCCP12(CCCCCC)[O][Sb]([O]1)[O]2. The van der Waals surface area contributed by atoms with E-state index in [0.29, 0.717) is 0 Å². The van der Waals surface area contributed by atoms with E-state index in [9.17, 15) is 0 Å². The summed E-state index contributed by atoms with van der Waals surface area (Å²) in [5, 5.41) is 0. The number of rotatable bonds is 10. The van der Waals surface area contributed by atoms with Gasteiger partial charge in [0.15, 0.2) is 0 Å². The molecular formula is C12H26O3PSb. The minimum absolute atomic E-state index is 1.08. The molecule has 0 amide bonds. The zero-order valence-electron chi connectivity index (χ0n) is 11.2. The molecule has 3 rings (SSSR count). The second-order valence-electron chi connectivity index (χ2n) is 5.26. The Balaban J connectivity index is 1.69. The fourth-order valence-electron chi connectivity index (χ4n) is 2.51. The standard InChI is InChI=1S/C12H26O3P.Sb/c1-3-5-7-9-11-16(13,14,15)12-10-8-6-4-2;/h3-12H2,1-2H3;/q-3;+3. The van der Waals surface area contributed by atoms with Crippen molar-refractivity contribution in [3.63, 3.8) is 0 Å². The second kappa shape index (κ2) is 6.05. The van der Waals surface area contributed by atoms with Crippen molar-refractivity contribution in [3.05, 3.63) is 0 Å². The van der Waals surface area contributed by atoms with Crippen LogP contribution in [0.2, 0.25) is 0 Å². The van der Waals surface area contributed by atoms with Crippen LogP contribution in [0.4, 0.5) is 0 Å². The molecule has 3 saturated heterocycles. The van der Waals surface area contributed by atoms with Gasteiger partial charge in [-0.3, -0.25) is 0 Å².